The second-order valence-corrected chi connectivity index (χ2v) is 4.98. The Morgan fingerprint density at radius 2 is 2.28 bits per heavy atom. The van der Waals surface area contributed by atoms with Crippen molar-refractivity contribution in [2.75, 3.05) is 6.54 Å². The van der Waals surface area contributed by atoms with Crippen LogP contribution < -0.4 is 11.1 Å². The zero-order chi connectivity index (χ0) is 13.0. The van der Waals surface area contributed by atoms with Gasteiger partial charge in [0.1, 0.15) is 0 Å². The average Bonchev–Trinajstić information content (AvgIpc) is 2.83. The SMILES string of the molecule is Cc1ncoc1C(=O)NC(CN)C1CCCCC1. The van der Waals surface area contributed by atoms with Gasteiger partial charge >= 0.3 is 0 Å². The number of nitrogens with two attached hydrogens (primary N) is 1. The summed E-state index contributed by atoms with van der Waals surface area (Å²) in [7, 11) is 0. The second-order valence-electron chi connectivity index (χ2n) is 4.98. The maximum Gasteiger partial charge on any atom is 0.289 e. The van der Waals surface area contributed by atoms with Crippen LogP contribution in [0, 0.1) is 12.8 Å². The summed E-state index contributed by atoms with van der Waals surface area (Å²) in [6.07, 6.45) is 7.36. The minimum Gasteiger partial charge on any atom is -0.438 e. The lowest BCUT2D eigenvalue weighted by Crippen LogP contribution is -2.46. The summed E-state index contributed by atoms with van der Waals surface area (Å²) in [4.78, 5) is 16.0. The van der Waals surface area contributed by atoms with Gasteiger partial charge in [-0.3, -0.25) is 4.79 Å². The maximum absolute atomic E-state index is 12.0. The van der Waals surface area contributed by atoms with E-state index in [-0.39, 0.29) is 11.9 Å². The van der Waals surface area contributed by atoms with Crippen LogP contribution in [0.15, 0.2) is 10.8 Å². The fraction of sp³-hybridized carbons (Fsp3) is 0.692. The van der Waals surface area contributed by atoms with Crippen LogP contribution in [0.4, 0.5) is 0 Å². The van der Waals surface area contributed by atoms with Gasteiger partial charge in [0.15, 0.2) is 6.39 Å². The van der Waals surface area contributed by atoms with Crippen LogP contribution in [0.3, 0.4) is 0 Å². The number of oxazole rings is 1. The van der Waals surface area contributed by atoms with Crippen LogP contribution in [0.25, 0.3) is 0 Å². The molecule has 0 aromatic carbocycles. The molecule has 1 fully saturated rings. The van der Waals surface area contributed by atoms with Gasteiger partial charge in [-0.2, -0.15) is 0 Å². The predicted molar refractivity (Wildman–Crippen MR) is 68.1 cm³/mol. The third-order valence-corrected chi connectivity index (χ3v) is 3.74. The topological polar surface area (TPSA) is 81.2 Å². The van der Waals surface area contributed by atoms with Gasteiger partial charge in [-0.1, -0.05) is 19.3 Å². The lowest BCUT2D eigenvalue weighted by molar-refractivity contribution is 0.0886. The van der Waals surface area contributed by atoms with Gasteiger partial charge in [-0.15, -0.1) is 0 Å². The molecule has 0 spiro atoms. The highest BCUT2D eigenvalue weighted by molar-refractivity contribution is 5.92. The van der Waals surface area contributed by atoms with Crippen molar-refractivity contribution in [3.05, 3.63) is 17.8 Å². The van der Waals surface area contributed by atoms with E-state index in [2.05, 4.69) is 10.3 Å². The first-order valence-corrected chi connectivity index (χ1v) is 6.63. The van der Waals surface area contributed by atoms with Crippen molar-refractivity contribution in [1.82, 2.24) is 10.3 Å². The first-order valence-electron chi connectivity index (χ1n) is 6.63. The fourth-order valence-electron chi connectivity index (χ4n) is 2.66. The van der Waals surface area contributed by atoms with Crippen LogP contribution in [0.1, 0.15) is 48.4 Å². The molecule has 1 aromatic rings. The summed E-state index contributed by atoms with van der Waals surface area (Å²) in [5.74, 6) is 0.589. The number of hydrogen-bond donors (Lipinski definition) is 2. The summed E-state index contributed by atoms with van der Waals surface area (Å²) < 4.78 is 5.09. The van der Waals surface area contributed by atoms with Crippen molar-refractivity contribution in [3.8, 4) is 0 Å². The summed E-state index contributed by atoms with van der Waals surface area (Å²) in [5, 5.41) is 2.98. The van der Waals surface area contributed by atoms with Crippen molar-refractivity contribution in [3.63, 3.8) is 0 Å². The first-order chi connectivity index (χ1) is 8.72. The quantitative estimate of drug-likeness (QED) is 0.852. The van der Waals surface area contributed by atoms with E-state index in [1.165, 1.54) is 25.7 Å². The Morgan fingerprint density at radius 3 is 2.83 bits per heavy atom. The number of nitrogens with one attached hydrogen (secondary N) is 1. The van der Waals surface area contributed by atoms with Crippen molar-refractivity contribution >= 4 is 5.91 Å². The molecule has 100 valence electrons. The molecule has 18 heavy (non-hydrogen) atoms. The van der Waals surface area contributed by atoms with Gasteiger partial charge < -0.3 is 15.5 Å². The molecule has 1 heterocycles. The molecule has 1 saturated carbocycles. The molecular formula is C13H21N3O2. The Kier molecular flexibility index (Phi) is 4.36. The predicted octanol–water partition coefficient (Wildman–Crippen LogP) is 1.62. The van der Waals surface area contributed by atoms with E-state index in [4.69, 9.17) is 10.2 Å². The van der Waals surface area contributed by atoms with Gasteiger partial charge in [0.2, 0.25) is 5.76 Å². The molecule has 5 heteroatoms. The number of aryl methyl sites for hydroxylation is 1. The van der Waals surface area contributed by atoms with E-state index in [0.717, 1.165) is 12.8 Å². The Hall–Kier alpha value is -1.36. The Bertz CT molecular complexity index is 397. The number of nitrogens with zero attached hydrogens (tertiary/aromatic N) is 1. The first kappa shape index (κ1) is 13.1. The Morgan fingerprint density at radius 1 is 1.56 bits per heavy atom. The molecule has 1 aliphatic carbocycles. The minimum absolute atomic E-state index is 0.0438. The third-order valence-electron chi connectivity index (χ3n) is 3.74. The smallest absolute Gasteiger partial charge is 0.289 e. The lowest BCUT2D eigenvalue weighted by atomic mass is 9.84. The van der Waals surface area contributed by atoms with Crippen molar-refractivity contribution in [1.29, 1.82) is 0 Å². The molecule has 1 amide bonds. The van der Waals surface area contributed by atoms with E-state index in [1.807, 2.05) is 0 Å². The van der Waals surface area contributed by atoms with Crippen molar-refractivity contribution in [2.45, 2.75) is 45.1 Å². The monoisotopic (exact) mass is 251 g/mol. The second kappa shape index (κ2) is 6.00. The molecule has 3 N–H and O–H groups in total. The molecular weight excluding hydrogens is 230 g/mol. The van der Waals surface area contributed by atoms with Gasteiger partial charge in [0.25, 0.3) is 5.91 Å². The Balaban J connectivity index is 1.97. The summed E-state index contributed by atoms with van der Waals surface area (Å²) in [6, 6.07) is 0.0438. The molecule has 1 unspecified atom stereocenters. The molecule has 1 aliphatic rings. The van der Waals surface area contributed by atoms with Crippen LogP contribution in [-0.2, 0) is 0 Å². The minimum atomic E-state index is -0.203. The van der Waals surface area contributed by atoms with E-state index in [0.29, 0.717) is 23.9 Å². The fourth-order valence-corrected chi connectivity index (χ4v) is 2.66. The Labute approximate surface area is 107 Å². The van der Waals surface area contributed by atoms with E-state index in [1.54, 1.807) is 6.92 Å². The molecule has 1 atom stereocenters. The lowest BCUT2D eigenvalue weighted by Gasteiger charge is -2.29. The number of amides is 1. The largest absolute Gasteiger partial charge is 0.438 e. The van der Waals surface area contributed by atoms with E-state index in [9.17, 15) is 4.79 Å². The molecule has 2 rings (SSSR count). The van der Waals surface area contributed by atoms with Gasteiger partial charge in [0.05, 0.1) is 5.69 Å². The molecule has 0 bridgehead atoms. The standard InChI is InChI=1S/C13H21N3O2/c1-9-12(18-8-15-9)13(17)16-11(7-14)10-5-3-2-4-6-10/h8,10-11H,2-7,14H2,1H3,(H,16,17). The number of carbonyl (C=O) groups is 1. The van der Waals surface area contributed by atoms with Crippen LogP contribution in [-0.4, -0.2) is 23.5 Å². The molecule has 1 aromatic heterocycles. The van der Waals surface area contributed by atoms with Crippen LogP contribution in [0.2, 0.25) is 0 Å². The average molecular weight is 251 g/mol. The van der Waals surface area contributed by atoms with Crippen molar-refractivity contribution in [2.24, 2.45) is 11.7 Å². The summed E-state index contributed by atoms with van der Waals surface area (Å²) >= 11 is 0. The van der Waals surface area contributed by atoms with Crippen molar-refractivity contribution < 1.29 is 9.21 Å². The summed E-state index contributed by atoms with van der Waals surface area (Å²) in [5.41, 5.74) is 6.40. The molecule has 5 nitrogen and oxygen atoms in total. The molecule has 0 radical (unpaired) electrons. The number of carbonyl (C=O) groups excluding carboxylic acids is 1. The normalized spacial score (nSPS) is 18.6. The number of aromatic nitrogens is 1. The zero-order valence-corrected chi connectivity index (χ0v) is 10.8. The third kappa shape index (κ3) is 2.90. The van der Waals surface area contributed by atoms with E-state index >= 15 is 0 Å². The highest BCUT2D eigenvalue weighted by Crippen LogP contribution is 2.26. The van der Waals surface area contributed by atoms with Crippen LogP contribution >= 0.6 is 0 Å². The van der Waals surface area contributed by atoms with Crippen LogP contribution in [0.5, 0.6) is 0 Å². The zero-order valence-electron chi connectivity index (χ0n) is 10.8. The number of hydrogen-bond acceptors (Lipinski definition) is 4. The maximum atomic E-state index is 12.0. The van der Waals surface area contributed by atoms with E-state index < -0.39 is 0 Å². The summed E-state index contributed by atoms with van der Waals surface area (Å²) in [6.45, 7) is 2.24. The molecule has 0 aliphatic heterocycles. The number of rotatable bonds is 4. The van der Waals surface area contributed by atoms with Gasteiger partial charge in [-0.05, 0) is 25.7 Å². The highest BCUT2D eigenvalue weighted by atomic mass is 16.3. The van der Waals surface area contributed by atoms with Gasteiger partial charge in [-0.25, -0.2) is 4.98 Å². The molecule has 0 saturated heterocycles. The van der Waals surface area contributed by atoms with Gasteiger partial charge in [0, 0.05) is 12.6 Å². The highest BCUT2D eigenvalue weighted by Gasteiger charge is 2.25.